The van der Waals surface area contributed by atoms with Crippen molar-refractivity contribution >= 4 is 23.8 Å². The Morgan fingerprint density at radius 1 is 1.07 bits per heavy atom. The van der Waals surface area contributed by atoms with E-state index in [1.807, 2.05) is 5.32 Å². The Bertz CT molecular complexity index is 747. The summed E-state index contributed by atoms with van der Waals surface area (Å²) in [7, 11) is 1.95. The average Bonchev–Trinajstić information content (AvgIpc) is 2.64. The molecule has 0 saturated heterocycles. The molecule has 0 fully saturated rings. The third kappa shape index (κ3) is 5.44. The van der Waals surface area contributed by atoms with Gasteiger partial charge in [0.05, 0.1) is 19.8 Å². The molecule has 0 bridgehead atoms. The molecule has 0 aliphatic rings. The second kappa shape index (κ2) is 9.20. The van der Waals surface area contributed by atoms with E-state index >= 15 is 0 Å². The monoisotopic (exact) mass is 405 g/mol. The van der Waals surface area contributed by atoms with Crippen LogP contribution >= 0.6 is 0 Å². The van der Waals surface area contributed by atoms with Gasteiger partial charge >= 0.3 is 24.1 Å². The fraction of sp³-hybridized carbons (Fsp3) is 0.412. The first kappa shape index (κ1) is 22.9. The van der Waals surface area contributed by atoms with Crippen molar-refractivity contribution in [1.82, 2.24) is 5.32 Å². The molecular weight excluding hydrogens is 387 g/mol. The Morgan fingerprint density at radius 3 is 2.04 bits per heavy atom. The lowest BCUT2D eigenvalue weighted by atomic mass is 9.87. The fourth-order valence-electron chi connectivity index (χ4n) is 2.45. The first-order valence-electron chi connectivity index (χ1n) is 7.80. The van der Waals surface area contributed by atoms with Crippen molar-refractivity contribution in [2.24, 2.45) is 11.8 Å². The molecule has 1 rings (SSSR count). The maximum absolute atomic E-state index is 12.8. The quantitative estimate of drug-likeness (QED) is 0.521. The molecule has 0 aromatic heterocycles. The van der Waals surface area contributed by atoms with Crippen molar-refractivity contribution in [3.05, 3.63) is 35.4 Å². The van der Waals surface area contributed by atoms with Gasteiger partial charge in [0.1, 0.15) is 6.04 Å². The largest absolute Gasteiger partial charge is 0.480 e. The van der Waals surface area contributed by atoms with E-state index in [9.17, 15) is 37.5 Å². The molecule has 0 saturated carbocycles. The van der Waals surface area contributed by atoms with E-state index in [4.69, 9.17) is 0 Å². The lowest BCUT2D eigenvalue weighted by Crippen LogP contribution is -2.50. The van der Waals surface area contributed by atoms with E-state index in [1.54, 1.807) is 0 Å². The molecule has 1 aromatic rings. The number of aliphatic carboxylic acids is 1. The first-order valence-corrected chi connectivity index (χ1v) is 7.80. The summed E-state index contributed by atoms with van der Waals surface area (Å²) in [6.45, 7) is 1.18. The summed E-state index contributed by atoms with van der Waals surface area (Å²) in [5.74, 6) is -7.90. The number of methoxy groups -OCH3 is 2. The SMILES string of the molecule is COC(=O)C(C(=O)OC)[C@@H](C)[C@@H](NC(=O)c1cccc(C(F)(F)F)c1)C(=O)O. The normalized spacial score (nSPS) is 13.4. The maximum atomic E-state index is 12.8. The molecule has 2 N–H and O–H groups in total. The highest BCUT2D eigenvalue weighted by atomic mass is 19.4. The minimum atomic E-state index is -4.70. The number of rotatable bonds is 7. The predicted octanol–water partition coefficient (Wildman–Crippen LogP) is 1.49. The summed E-state index contributed by atoms with van der Waals surface area (Å²) in [6.07, 6.45) is -4.70. The number of carboxylic acid groups (broad SMARTS) is 1. The molecule has 8 nitrogen and oxygen atoms in total. The van der Waals surface area contributed by atoms with E-state index in [0.717, 1.165) is 32.4 Å². The minimum absolute atomic E-state index is 0.444. The van der Waals surface area contributed by atoms with E-state index in [1.165, 1.54) is 6.92 Å². The van der Waals surface area contributed by atoms with Gasteiger partial charge in [-0.25, -0.2) is 4.79 Å². The van der Waals surface area contributed by atoms with Crippen LogP contribution in [0.4, 0.5) is 13.2 Å². The Hall–Kier alpha value is -3.11. The number of halogens is 3. The Morgan fingerprint density at radius 2 is 1.61 bits per heavy atom. The van der Waals surface area contributed by atoms with Gasteiger partial charge in [0.2, 0.25) is 0 Å². The predicted molar refractivity (Wildman–Crippen MR) is 87.0 cm³/mol. The number of carbonyl (C=O) groups is 4. The molecule has 0 aliphatic carbocycles. The van der Waals surface area contributed by atoms with Gasteiger partial charge in [0, 0.05) is 11.5 Å². The third-order valence-corrected chi connectivity index (χ3v) is 3.97. The molecule has 0 heterocycles. The summed E-state index contributed by atoms with van der Waals surface area (Å²) in [5, 5.41) is 11.4. The molecule has 28 heavy (non-hydrogen) atoms. The van der Waals surface area contributed by atoms with Gasteiger partial charge in [-0.05, 0) is 18.2 Å². The van der Waals surface area contributed by atoms with Crippen molar-refractivity contribution in [2.75, 3.05) is 14.2 Å². The topological polar surface area (TPSA) is 119 Å². The van der Waals surface area contributed by atoms with Crippen molar-refractivity contribution < 1.29 is 46.9 Å². The second-order valence-corrected chi connectivity index (χ2v) is 5.75. The lowest BCUT2D eigenvalue weighted by Gasteiger charge is -2.26. The Labute approximate surface area is 157 Å². The molecule has 154 valence electrons. The highest BCUT2D eigenvalue weighted by Crippen LogP contribution is 2.29. The first-order chi connectivity index (χ1) is 12.9. The average molecular weight is 405 g/mol. The van der Waals surface area contributed by atoms with Gasteiger partial charge in [0.25, 0.3) is 5.91 Å². The summed E-state index contributed by atoms with van der Waals surface area (Å²) >= 11 is 0. The van der Waals surface area contributed by atoms with Gasteiger partial charge in [-0.15, -0.1) is 0 Å². The number of ether oxygens (including phenoxy) is 2. The zero-order valence-electron chi connectivity index (χ0n) is 15.1. The molecule has 2 atom stereocenters. The van der Waals surface area contributed by atoms with Gasteiger partial charge in [-0.3, -0.25) is 14.4 Å². The minimum Gasteiger partial charge on any atom is -0.480 e. The Kier molecular flexibility index (Phi) is 7.53. The van der Waals surface area contributed by atoms with Crippen LogP contribution in [0.5, 0.6) is 0 Å². The number of amides is 1. The van der Waals surface area contributed by atoms with Crippen LogP contribution in [-0.4, -0.2) is 49.2 Å². The van der Waals surface area contributed by atoms with Gasteiger partial charge in [-0.1, -0.05) is 13.0 Å². The van der Waals surface area contributed by atoms with E-state index in [2.05, 4.69) is 9.47 Å². The summed E-state index contributed by atoms with van der Waals surface area (Å²) in [5.41, 5.74) is -1.54. The molecule has 0 aliphatic heterocycles. The highest BCUT2D eigenvalue weighted by Gasteiger charge is 2.42. The third-order valence-electron chi connectivity index (χ3n) is 3.97. The molecule has 1 aromatic carbocycles. The maximum Gasteiger partial charge on any atom is 0.416 e. The molecular formula is C17H18F3NO7. The van der Waals surface area contributed by atoms with E-state index in [0.29, 0.717) is 6.07 Å². The number of nitrogens with one attached hydrogen (secondary N) is 1. The van der Waals surface area contributed by atoms with Crippen molar-refractivity contribution in [2.45, 2.75) is 19.1 Å². The van der Waals surface area contributed by atoms with Crippen molar-refractivity contribution in [1.29, 1.82) is 0 Å². The molecule has 11 heteroatoms. The summed E-state index contributed by atoms with van der Waals surface area (Å²) in [6, 6.07) is 1.56. The zero-order chi connectivity index (χ0) is 21.6. The summed E-state index contributed by atoms with van der Waals surface area (Å²) in [4.78, 5) is 47.5. The molecule has 0 radical (unpaired) electrons. The van der Waals surface area contributed by atoms with Gasteiger partial charge in [0.15, 0.2) is 5.92 Å². The molecule has 0 spiro atoms. The van der Waals surface area contributed by atoms with Crippen LogP contribution in [0.15, 0.2) is 24.3 Å². The number of alkyl halides is 3. The van der Waals surface area contributed by atoms with E-state index < -0.39 is 59.0 Å². The Balaban J connectivity index is 3.16. The van der Waals surface area contributed by atoms with Crippen LogP contribution < -0.4 is 5.32 Å². The van der Waals surface area contributed by atoms with Crippen LogP contribution in [0.3, 0.4) is 0 Å². The van der Waals surface area contributed by atoms with Gasteiger partial charge < -0.3 is 19.9 Å². The highest BCUT2D eigenvalue weighted by molar-refractivity contribution is 5.98. The second-order valence-electron chi connectivity index (χ2n) is 5.75. The van der Waals surface area contributed by atoms with Crippen molar-refractivity contribution in [3.63, 3.8) is 0 Å². The standard InChI is InChI=1S/C17H18F3NO7/c1-8(11(15(25)27-2)16(26)28-3)12(14(23)24)21-13(22)9-5-4-6-10(7-9)17(18,19)20/h4-8,11-12H,1-3H3,(H,21,22)(H,23,24)/t8-,12-/m1/s1. The van der Waals surface area contributed by atoms with Gasteiger partial charge in [-0.2, -0.15) is 13.2 Å². The van der Waals surface area contributed by atoms with Crippen LogP contribution in [0.2, 0.25) is 0 Å². The number of carbonyl (C=O) groups excluding carboxylic acids is 3. The zero-order valence-corrected chi connectivity index (χ0v) is 15.1. The molecule has 1 amide bonds. The van der Waals surface area contributed by atoms with E-state index in [-0.39, 0.29) is 0 Å². The number of carboxylic acids is 1. The number of hydrogen-bond acceptors (Lipinski definition) is 6. The smallest absolute Gasteiger partial charge is 0.416 e. The van der Waals surface area contributed by atoms with Crippen molar-refractivity contribution in [3.8, 4) is 0 Å². The van der Waals surface area contributed by atoms with Crippen LogP contribution in [-0.2, 0) is 30.0 Å². The molecule has 0 unspecified atom stereocenters. The fourth-order valence-corrected chi connectivity index (χ4v) is 2.45. The number of benzene rings is 1. The number of esters is 2. The van der Waals surface area contributed by atoms with Crippen LogP contribution in [0, 0.1) is 11.8 Å². The van der Waals surface area contributed by atoms with Crippen LogP contribution in [0.25, 0.3) is 0 Å². The number of hydrogen-bond donors (Lipinski definition) is 2. The van der Waals surface area contributed by atoms with Crippen LogP contribution in [0.1, 0.15) is 22.8 Å². The summed E-state index contributed by atoms with van der Waals surface area (Å²) < 4.78 is 47.3. The lowest BCUT2D eigenvalue weighted by molar-refractivity contribution is -0.162.